The fourth-order valence-corrected chi connectivity index (χ4v) is 3.10. The molecule has 1 atom stereocenters. The summed E-state index contributed by atoms with van der Waals surface area (Å²) in [5.74, 6) is 1.56. The molecular weight excluding hydrogens is 372 g/mol. The van der Waals surface area contributed by atoms with Gasteiger partial charge in [0.2, 0.25) is 0 Å². The molecule has 0 bridgehead atoms. The van der Waals surface area contributed by atoms with Crippen molar-refractivity contribution < 1.29 is 19.2 Å². The summed E-state index contributed by atoms with van der Waals surface area (Å²) in [5, 5.41) is 3.42. The molecule has 0 saturated heterocycles. The maximum Gasteiger partial charge on any atom is 0.279 e. The zero-order valence-corrected chi connectivity index (χ0v) is 16.7. The van der Waals surface area contributed by atoms with E-state index in [1.165, 1.54) is 0 Å². The van der Waals surface area contributed by atoms with E-state index < -0.39 is 0 Å². The minimum atomic E-state index is -0.174. The number of amides is 1. The highest BCUT2D eigenvalue weighted by Crippen LogP contribution is 2.28. The number of quaternary nitrogens is 1. The topological polar surface area (TPSA) is 97.8 Å². The van der Waals surface area contributed by atoms with Crippen LogP contribution in [0.1, 0.15) is 12.7 Å². The summed E-state index contributed by atoms with van der Waals surface area (Å²) < 4.78 is 10.5. The lowest BCUT2D eigenvalue weighted by Gasteiger charge is -2.17. The van der Waals surface area contributed by atoms with Crippen molar-refractivity contribution in [3.63, 3.8) is 0 Å². The van der Waals surface area contributed by atoms with E-state index in [0.29, 0.717) is 47.0 Å². The molecule has 1 heterocycles. The maximum atomic E-state index is 12.6. The van der Waals surface area contributed by atoms with Gasteiger partial charge in [0, 0.05) is 6.07 Å². The molecule has 0 aliphatic rings. The van der Waals surface area contributed by atoms with E-state index >= 15 is 0 Å². The second-order valence-electron chi connectivity index (χ2n) is 6.60. The number of carbonyl (C=O) groups excluding carboxylic acids is 1. The molecule has 0 spiro atoms. The lowest BCUT2D eigenvalue weighted by molar-refractivity contribution is -0.904. The van der Waals surface area contributed by atoms with Gasteiger partial charge in [0.15, 0.2) is 12.4 Å². The van der Waals surface area contributed by atoms with Crippen LogP contribution in [0.25, 0.3) is 10.9 Å². The fraction of sp³-hybridized carbons (Fsp3) is 0.286. The van der Waals surface area contributed by atoms with Crippen LogP contribution in [-0.2, 0) is 11.3 Å². The minimum absolute atomic E-state index is 0.170. The van der Waals surface area contributed by atoms with E-state index in [-0.39, 0.29) is 18.0 Å². The molecule has 3 rings (SSSR count). The van der Waals surface area contributed by atoms with E-state index in [2.05, 4.69) is 15.3 Å². The molecule has 3 aromatic rings. The summed E-state index contributed by atoms with van der Waals surface area (Å²) in [6.45, 7) is 3.32. The molecule has 8 heteroatoms. The highest BCUT2D eigenvalue weighted by molar-refractivity contribution is 5.93. The van der Waals surface area contributed by atoms with Gasteiger partial charge in [-0.25, -0.2) is 4.98 Å². The smallest absolute Gasteiger partial charge is 0.279 e. The number of hydrogen-bond donors (Lipinski definition) is 3. The maximum absolute atomic E-state index is 12.6. The number of methoxy groups -OCH3 is 2. The van der Waals surface area contributed by atoms with Crippen molar-refractivity contribution in [3.05, 3.63) is 58.6 Å². The van der Waals surface area contributed by atoms with E-state index in [1.54, 1.807) is 44.6 Å². The number of ether oxygens (including phenoxy) is 2. The third-order valence-electron chi connectivity index (χ3n) is 4.67. The van der Waals surface area contributed by atoms with Crippen LogP contribution >= 0.6 is 0 Å². The molecule has 1 unspecified atom stereocenters. The summed E-state index contributed by atoms with van der Waals surface area (Å²) in [4.78, 5) is 33.1. The zero-order chi connectivity index (χ0) is 20.8. The lowest BCUT2D eigenvalue weighted by atomic mass is 10.2. The van der Waals surface area contributed by atoms with Crippen LogP contribution in [0.15, 0.2) is 47.3 Å². The Morgan fingerprint density at radius 1 is 1.17 bits per heavy atom. The Hall–Kier alpha value is -3.39. The van der Waals surface area contributed by atoms with Gasteiger partial charge in [0.25, 0.3) is 11.5 Å². The SMILES string of the molecule is CC[NH+](CC(=O)Nc1cc(OC)ccc1OC)Cc1nc2ccccc2c(=O)[nH]1. The number of fused-ring (bicyclic) bond motifs is 1. The first-order valence-corrected chi connectivity index (χ1v) is 9.37. The van der Waals surface area contributed by atoms with Crippen molar-refractivity contribution >= 4 is 22.5 Å². The molecule has 0 saturated carbocycles. The van der Waals surface area contributed by atoms with Gasteiger partial charge in [-0.15, -0.1) is 0 Å². The molecule has 2 aromatic carbocycles. The Morgan fingerprint density at radius 2 is 1.97 bits per heavy atom. The van der Waals surface area contributed by atoms with Crippen LogP contribution in [0.5, 0.6) is 11.5 Å². The number of benzene rings is 2. The number of nitrogens with zero attached hydrogens (tertiary/aromatic N) is 1. The highest BCUT2D eigenvalue weighted by atomic mass is 16.5. The largest absolute Gasteiger partial charge is 0.497 e. The number of hydrogen-bond acceptors (Lipinski definition) is 5. The van der Waals surface area contributed by atoms with Crippen LogP contribution in [0.2, 0.25) is 0 Å². The molecule has 0 aliphatic heterocycles. The molecule has 0 aliphatic carbocycles. The van der Waals surface area contributed by atoms with Crippen molar-refractivity contribution in [1.29, 1.82) is 0 Å². The van der Waals surface area contributed by atoms with Crippen molar-refractivity contribution in [3.8, 4) is 11.5 Å². The Morgan fingerprint density at radius 3 is 2.69 bits per heavy atom. The van der Waals surface area contributed by atoms with E-state index in [1.807, 2.05) is 19.1 Å². The number of H-pyrrole nitrogens is 1. The van der Waals surface area contributed by atoms with Crippen LogP contribution in [0, 0.1) is 0 Å². The van der Waals surface area contributed by atoms with Crippen LogP contribution in [0.3, 0.4) is 0 Å². The first kappa shape index (κ1) is 20.3. The summed E-state index contributed by atoms with van der Waals surface area (Å²) in [6.07, 6.45) is 0. The molecule has 152 valence electrons. The molecule has 0 radical (unpaired) electrons. The minimum Gasteiger partial charge on any atom is -0.497 e. The number of aromatic nitrogens is 2. The lowest BCUT2D eigenvalue weighted by Crippen LogP contribution is -3.11. The standard InChI is InChI=1S/C21H24N4O4/c1-4-25(12-19-22-16-8-6-5-7-15(16)21(27)24-19)13-20(26)23-17-11-14(28-2)9-10-18(17)29-3/h5-11H,4,12-13H2,1-3H3,(H,23,26)(H,22,24,27)/p+1. The molecule has 1 amide bonds. The normalized spacial score (nSPS) is 11.8. The number of anilines is 1. The van der Waals surface area contributed by atoms with Crippen LogP contribution in [0.4, 0.5) is 5.69 Å². The molecule has 0 fully saturated rings. The zero-order valence-electron chi connectivity index (χ0n) is 16.7. The Labute approximate surface area is 168 Å². The molecule has 1 aromatic heterocycles. The number of aromatic amines is 1. The first-order valence-electron chi connectivity index (χ1n) is 9.37. The third-order valence-corrected chi connectivity index (χ3v) is 4.67. The monoisotopic (exact) mass is 397 g/mol. The van der Waals surface area contributed by atoms with Crippen LogP contribution < -0.4 is 25.2 Å². The second kappa shape index (κ2) is 9.20. The van der Waals surface area contributed by atoms with E-state index in [0.717, 1.165) is 4.90 Å². The summed E-state index contributed by atoms with van der Waals surface area (Å²) in [7, 11) is 3.11. The number of para-hydroxylation sites is 1. The molecule has 29 heavy (non-hydrogen) atoms. The Bertz CT molecular complexity index is 1060. The summed E-state index contributed by atoms with van der Waals surface area (Å²) >= 11 is 0. The number of carbonyl (C=O) groups is 1. The van der Waals surface area contributed by atoms with Crippen molar-refractivity contribution in [2.24, 2.45) is 0 Å². The average molecular weight is 397 g/mol. The Kier molecular flexibility index (Phi) is 6.46. The number of nitrogens with one attached hydrogen (secondary N) is 3. The molecule has 8 nitrogen and oxygen atoms in total. The van der Waals surface area contributed by atoms with Gasteiger partial charge in [0.05, 0.1) is 37.4 Å². The van der Waals surface area contributed by atoms with Gasteiger partial charge in [0.1, 0.15) is 18.0 Å². The predicted octanol–water partition coefficient (Wildman–Crippen LogP) is 0.984. The summed E-state index contributed by atoms with van der Waals surface area (Å²) in [5.41, 5.74) is 1.02. The number of likely N-dealkylation sites (N-methyl/N-ethyl adjacent to an activating group) is 1. The molecular formula is C21H25N4O4+. The van der Waals surface area contributed by atoms with E-state index in [9.17, 15) is 9.59 Å². The van der Waals surface area contributed by atoms with Gasteiger partial charge in [-0.2, -0.15) is 0 Å². The van der Waals surface area contributed by atoms with Gasteiger partial charge >= 0.3 is 0 Å². The highest BCUT2D eigenvalue weighted by Gasteiger charge is 2.17. The van der Waals surface area contributed by atoms with Crippen molar-refractivity contribution in [2.45, 2.75) is 13.5 Å². The quantitative estimate of drug-likeness (QED) is 0.527. The van der Waals surface area contributed by atoms with E-state index in [4.69, 9.17) is 9.47 Å². The van der Waals surface area contributed by atoms with Gasteiger partial charge < -0.3 is 24.7 Å². The average Bonchev–Trinajstić information content (AvgIpc) is 2.73. The predicted molar refractivity (Wildman–Crippen MR) is 111 cm³/mol. The van der Waals surface area contributed by atoms with Gasteiger partial charge in [-0.05, 0) is 31.2 Å². The number of rotatable bonds is 8. The Balaban J connectivity index is 1.72. The van der Waals surface area contributed by atoms with Crippen LogP contribution in [-0.4, -0.2) is 43.2 Å². The molecule has 3 N–H and O–H groups in total. The summed E-state index contributed by atoms with van der Waals surface area (Å²) in [6, 6.07) is 12.4. The van der Waals surface area contributed by atoms with Gasteiger partial charge in [-0.3, -0.25) is 9.59 Å². The van der Waals surface area contributed by atoms with Crippen molar-refractivity contribution in [1.82, 2.24) is 9.97 Å². The van der Waals surface area contributed by atoms with Crippen molar-refractivity contribution in [2.75, 3.05) is 32.6 Å². The van der Waals surface area contributed by atoms with Gasteiger partial charge in [-0.1, -0.05) is 12.1 Å². The second-order valence-corrected chi connectivity index (χ2v) is 6.60. The third kappa shape index (κ3) is 4.91. The fourth-order valence-electron chi connectivity index (χ4n) is 3.10. The first-order chi connectivity index (χ1) is 14.0.